The van der Waals surface area contributed by atoms with Gasteiger partial charge in [-0.3, -0.25) is 4.79 Å². The number of methoxy groups -OCH3 is 1. The van der Waals surface area contributed by atoms with Crippen LogP contribution in [0.25, 0.3) is 16.9 Å². The minimum Gasteiger partial charge on any atom is -0.464 e. The molecule has 1 amide bonds. The predicted octanol–water partition coefficient (Wildman–Crippen LogP) is 5.64. The third-order valence-corrected chi connectivity index (χ3v) is 5.67. The van der Waals surface area contributed by atoms with Crippen LogP contribution < -0.4 is 5.32 Å². The van der Waals surface area contributed by atoms with E-state index in [0.717, 1.165) is 5.56 Å². The van der Waals surface area contributed by atoms with Gasteiger partial charge < -0.3 is 10.1 Å². The van der Waals surface area contributed by atoms with Crippen LogP contribution in [0, 0.1) is 6.92 Å². The van der Waals surface area contributed by atoms with E-state index in [1.165, 1.54) is 19.5 Å². The van der Waals surface area contributed by atoms with Gasteiger partial charge in [0.2, 0.25) is 0 Å². The van der Waals surface area contributed by atoms with Crippen molar-refractivity contribution in [3.8, 4) is 16.9 Å². The third kappa shape index (κ3) is 4.75. The molecule has 11 heteroatoms. The quantitative estimate of drug-likeness (QED) is 0.345. The van der Waals surface area contributed by atoms with E-state index in [1.807, 2.05) is 12.1 Å². The number of ether oxygens (including phenoxy) is 1. The number of amides is 1. The van der Waals surface area contributed by atoms with Crippen LogP contribution >= 0.6 is 34.8 Å². The molecular formula is C23H16Cl3N5O3. The first kappa shape index (κ1) is 23.7. The van der Waals surface area contributed by atoms with Gasteiger partial charge in [0.15, 0.2) is 17.2 Å². The monoisotopic (exact) mass is 515 g/mol. The number of aromatic nitrogens is 4. The summed E-state index contributed by atoms with van der Waals surface area (Å²) >= 11 is 18.6. The number of anilines is 1. The molecule has 0 atom stereocenters. The molecule has 0 saturated heterocycles. The molecule has 4 aromatic rings. The molecule has 1 N–H and O–H groups in total. The molecular weight excluding hydrogens is 501 g/mol. The number of halogens is 3. The molecule has 0 unspecified atom stereocenters. The number of nitrogens with zero attached hydrogens (tertiary/aromatic N) is 4. The Morgan fingerprint density at radius 1 is 0.971 bits per heavy atom. The fourth-order valence-corrected chi connectivity index (χ4v) is 3.88. The van der Waals surface area contributed by atoms with Crippen molar-refractivity contribution >= 4 is 52.5 Å². The van der Waals surface area contributed by atoms with Crippen molar-refractivity contribution in [1.29, 1.82) is 0 Å². The molecule has 2 aromatic carbocycles. The van der Waals surface area contributed by atoms with E-state index in [4.69, 9.17) is 34.8 Å². The first-order valence-electron chi connectivity index (χ1n) is 9.81. The Morgan fingerprint density at radius 3 is 2.29 bits per heavy atom. The van der Waals surface area contributed by atoms with Gasteiger partial charge in [-0.15, -0.1) is 0 Å². The molecule has 0 fully saturated rings. The summed E-state index contributed by atoms with van der Waals surface area (Å²) in [6.07, 6.45) is 2.46. The second-order valence-electron chi connectivity index (χ2n) is 7.07. The maximum atomic E-state index is 13.1. The van der Waals surface area contributed by atoms with E-state index in [2.05, 4.69) is 25.1 Å². The molecule has 0 saturated carbocycles. The number of carbonyl (C=O) groups is 2. The third-order valence-electron chi connectivity index (χ3n) is 4.88. The lowest BCUT2D eigenvalue weighted by Gasteiger charge is -2.11. The number of hydrogen-bond acceptors (Lipinski definition) is 6. The Bertz CT molecular complexity index is 1390. The molecule has 0 aliphatic rings. The van der Waals surface area contributed by atoms with E-state index in [1.54, 1.807) is 41.9 Å². The Hall–Kier alpha value is -3.46. The van der Waals surface area contributed by atoms with Crippen molar-refractivity contribution in [2.45, 2.75) is 6.92 Å². The number of hydrogen-bond donors (Lipinski definition) is 1. The molecule has 0 spiro atoms. The topological polar surface area (TPSA) is 99.0 Å². The summed E-state index contributed by atoms with van der Waals surface area (Å²) < 4.78 is 6.18. The Kier molecular flexibility index (Phi) is 6.83. The van der Waals surface area contributed by atoms with Crippen LogP contribution in [0.15, 0.2) is 54.9 Å². The predicted molar refractivity (Wildman–Crippen MR) is 130 cm³/mol. The smallest absolute Gasteiger partial charge is 0.358 e. The average Bonchev–Trinajstić information content (AvgIpc) is 3.16. The van der Waals surface area contributed by atoms with Gasteiger partial charge in [0, 0.05) is 21.2 Å². The molecule has 4 rings (SSSR count). The van der Waals surface area contributed by atoms with Gasteiger partial charge in [-0.05, 0) is 37.3 Å². The molecule has 2 heterocycles. The van der Waals surface area contributed by atoms with Crippen LogP contribution in [-0.4, -0.2) is 38.7 Å². The highest BCUT2D eigenvalue weighted by Gasteiger charge is 2.24. The molecule has 0 aliphatic heterocycles. The van der Waals surface area contributed by atoms with Gasteiger partial charge >= 0.3 is 5.97 Å². The maximum Gasteiger partial charge on any atom is 0.358 e. The average molecular weight is 517 g/mol. The standard InChI is InChI=1S/C23H16Cl3N5O3/c1-12-20(22(32)29-19-11-27-17(10-28-19)23(33)34-2)30-31(18-8-7-15(25)9-16(18)26)21(12)13-3-5-14(24)6-4-13/h3-11H,1-2H3,(H,28,29,32). The second kappa shape index (κ2) is 9.80. The van der Waals surface area contributed by atoms with Crippen molar-refractivity contribution in [3.05, 3.63) is 86.9 Å². The van der Waals surface area contributed by atoms with Crippen molar-refractivity contribution < 1.29 is 14.3 Å². The zero-order chi connectivity index (χ0) is 24.4. The van der Waals surface area contributed by atoms with Crippen LogP contribution in [0.5, 0.6) is 0 Å². The highest BCUT2D eigenvalue weighted by atomic mass is 35.5. The molecule has 2 aromatic heterocycles. The van der Waals surface area contributed by atoms with Crippen LogP contribution in [0.4, 0.5) is 5.82 Å². The van der Waals surface area contributed by atoms with Gasteiger partial charge in [0.25, 0.3) is 5.91 Å². The molecule has 0 aliphatic carbocycles. The summed E-state index contributed by atoms with van der Waals surface area (Å²) in [4.78, 5) is 32.6. The fourth-order valence-electron chi connectivity index (χ4n) is 3.26. The first-order valence-corrected chi connectivity index (χ1v) is 10.9. The highest BCUT2D eigenvalue weighted by molar-refractivity contribution is 6.35. The highest BCUT2D eigenvalue weighted by Crippen LogP contribution is 2.33. The largest absolute Gasteiger partial charge is 0.464 e. The van der Waals surface area contributed by atoms with Gasteiger partial charge in [-0.25, -0.2) is 19.4 Å². The SMILES string of the molecule is COC(=O)c1cnc(NC(=O)c2nn(-c3ccc(Cl)cc3Cl)c(-c3ccc(Cl)cc3)c2C)cn1. The van der Waals surface area contributed by atoms with Crippen molar-refractivity contribution in [3.63, 3.8) is 0 Å². The summed E-state index contributed by atoms with van der Waals surface area (Å²) in [6.45, 7) is 1.78. The fraction of sp³-hybridized carbons (Fsp3) is 0.0870. The first-order chi connectivity index (χ1) is 16.3. The summed E-state index contributed by atoms with van der Waals surface area (Å²) in [5.41, 5.74) is 2.74. The molecule has 0 radical (unpaired) electrons. The zero-order valence-electron chi connectivity index (χ0n) is 17.8. The minimum atomic E-state index is -0.632. The second-order valence-corrected chi connectivity index (χ2v) is 8.35. The van der Waals surface area contributed by atoms with Gasteiger partial charge in [0.05, 0.1) is 35.9 Å². The zero-order valence-corrected chi connectivity index (χ0v) is 20.1. The van der Waals surface area contributed by atoms with Crippen LogP contribution in [0.1, 0.15) is 26.5 Å². The number of esters is 1. The van der Waals surface area contributed by atoms with Crippen LogP contribution in [0.3, 0.4) is 0 Å². The van der Waals surface area contributed by atoms with E-state index in [-0.39, 0.29) is 17.2 Å². The maximum absolute atomic E-state index is 13.1. The Labute approximate surface area is 209 Å². The van der Waals surface area contributed by atoms with Crippen molar-refractivity contribution in [2.75, 3.05) is 12.4 Å². The molecule has 0 bridgehead atoms. The molecule has 34 heavy (non-hydrogen) atoms. The van der Waals surface area contributed by atoms with E-state index < -0.39 is 11.9 Å². The molecule has 8 nitrogen and oxygen atoms in total. The number of rotatable bonds is 5. The van der Waals surface area contributed by atoms with Crippen molar-refractivity contribution in [2.24, 2.45) is 0 Å². The Morgan fingerprint density at radius 2 is 1.68 bits per heavy atom. The lowest BCUT2D eigenvalue weighted by atomic mass is 10.1. The summed E-state index contributed by atoms with van der Waals surface area (Å²) in [5, 5.41) is 8.60. The van der Waals surface area contributed by atoms with Gasteiger partial charge in [-0.2, -0.15) is 5.10 Å². The summed E-state index contributed by atoms with van der Waals surface area (Å²) in [5.74, 6) is -1.01. The van der Waals surface area contributed by atoms with Crippen LogP contribution in [0.2, 0.25) is 15.1 Å². The minimum absolute atomic E-state index is 0.0170. The Balaban J connectivity index is 1.76. The lowest BCUT2D eigenvalue weighted by molar-refractivity contribution is 0.0593. The van der Waals surface area contributed by atoms with Crippen LogP contribution in [-0.2, 0) is 4.74 Å². The summed E-state index contributed by atoms with van der Waals surface area (Å²) in [6, 6.07) is 12.1. The number of carbonyl (C=O) groups excluding carboxylic acids is 2. The van der Waals surface area contributed by atoms with E-state index in [9.17, 15) is 9.59 Å². The van der Waals surface area contributed by atoms with E-state index >= 15 is 0 Å². The van der Waals surface area contributed by atoms with E-state index in [0.29, 0.717) is 32.0 Å². The molecule has 172 valence electrons. The van der Waals surface area contributed by atoms with Crippen molar-refractivity contribution in [1.82, 2.24) is 19.7 Å². The summed E-state index contributed by atoms with van der Waals surface area (Å²) in [7, 11) is 1.24. The number of nitrogens with one attached hydrogen (secondary N) is 1. The lowest BCUT2D eigenvalue weighted by Crippen LogP contribution is -2.16. The van der Waals surface area contributed by atoms with Gasteiger partial charge in [-0.1, -0.05) is 46.9 Å². The normalized spacial score (nSPS) is 10.7. The number of benzene rings is 2. The van der Waals surface area contributed by atoms with Gasteiger partial charge in [0.1, 0.15) is 0 Å².